The summed E-state index contributed by atoms with van der Waals surface area (Å²) in [5.41, 5.74) is 0. The van der Waals surface area contributed by atoms with Gasteiger partial charge in [0.25, 0.3) is 5.91 Å². The van der Waals surface area contributed by atoms with Gasteiger partial charge < -0.3 is 19.8 Å². The standard InChI is InChI=1S/C19H24N2O4/c1-14(2)11-17(19(23)20-12-16-9-6-10-24-16)21-18(22)13-25-15-7-4-3-5-8-15/h3-10,14,17H,11-13H2,1-2H3,(H,20,23)(H,21,22)/t17-/m0/s1. The molecule has 2 rings (SSSR count). The van der Waals surface area contributed by atoms with E-state index >= 15 is 0 Å². The molecule has 134 valence electrons. The van der Waals surface area contributed by atoms with Crippen molar-refractivity contribution in [3.8, 4) is 5.75 Å². The van der Waals surface area contributed by atoms with Crippen molar-refractivity contribution in [3.63, 3.8) is 0 Å². The molecule has 0 saturated carbocycles. The molecule has 0 fully saturated rings. The van der Waals surface area contributed by atoms with Crippen LogP contribution in [0.5, 0.6) is 5.75 Å². The maximum absolute atomic E-state index is 12.4. The monoisotopic (exact) mass is 344 g/mol. The normalized spacial score (nSPS) is 11.8. The molecule has 0 unspecified atom stereocenters. The largest absolute Gasteiger partial charge is 0.484 e. The molecule has 1 heterocycles. The van der Waals surface area contributed by atoms with E-state index < -0.39 is 6.04 Å². The minimum Gasteiger partial charge on any atom is -0.484 e. The molecule has 1 atom stereocenters. The van der Waals surface area contributed by atoms with Gasteiger partial charge in [0.1, 0.15) is 17.6 Å². The Hall–Kier alpha value is -2.76. The Balaban J connectivity index is 1.85. The molecule has 2 amide bonds. The molecular formula is C19H24N2O4. The molecule has 6 nitrogen and oxygen atoms in total. The van der Waals surface area contributed by atoms with E-state index in [1.807, 2.05) is 32.0 Å². The Morgan fingerprint density at radius 2 is 1.88 bits per heavy atom. The lowest BCUT2D eigenvalue weighted by atomic mass is 10.0. The number of nitrogens with one attached hydrogen (secondary N) is 2. The molecule has 0 bridgehead atoms. The summed E-state index contributed by atoms with van der Waals surface area (Å²) in [5, 5.41) is 5.52. The number of hydrogen-bond acceptors (Lipinski definition) is 4. The van der Waals surface area contributed by atoms with Gasteiger partial charge in [-0.25, -0.2) is 0 Å². The molecule has 0 aliphatic rings. The number of furan rings is 1. The first-order chi connectivity index (χ1) is 12.0. The predicted octanol–water partition coefficient (Wildman–Crippen LogP) is 2.51. The number of para-hydroxylation sites is 1. The second kappa shape index (κ2) is 9.52. The Morgan fingerprint density at radius 1 is 1.12 bits per heavy atom. The van der Waals surface area contributed by atoms with Crippen LogP contribution in [0.1, 0.15) is 26.0 Å². The Labute approximate surface area is 147 Å². The van der Waals surface area contributed by atoms with Gasteiger partial charge in [0, 0.05) is 0 Å². The number of ether oxygens (including phenoxy) is 1. The van der Waals surface area contributed by atoms with Gasteiger partial charge in [-0.05, 0) is 36.6 Å². The van der Waals surface area contributed by atoms with Gasteiger partial charge >= 0.3 is 0 Å². The quantitative estimate of drug-likeness (QED) is 0.732. The highest BCUT2D eigenvalue weighted by molar-refractivity contribution is 5.88. The van der Waals surface area contributed by atoms with E-state index in [9.17, 15) is 9.59 Å². The van der Waals surface area contributed by atoms with Crippen molar-refractivity contribution in [1.82, 2.24) is 10.6 Å². The van der Waals surface area contributed by atoms with Gasteiger partial charge in [-0.2, -0.15) is 0 Å². The van der Waals surface area contributed by atoms with Crippen LogP contribution in [0.15, 0.2) is 53.1 Å². The minimum atomic E-state index is -0.609. The van der Waals surface area contributed by atoms with Crippen molar-refractivity contribution < 1.29 is 18.7 Å². The predicted molar refractivity (Wildman–Crippen MR) is 93.9 cm³/mol. The smallest absolute Gasteiger partial charge is 0.258 e. The zero-order valence-electron chi connectivity index (χ0n) is 14.5. The fourth-order valence-corrected chi connectivity index (χ4v) is 2.32. The van der Waals surface area contributed by atoms with Crippen LogP contribution in [0.4, 0.5) is 0 Å². The van der Waals surface area contributed by atoms with Crippen LogP contribution in [0.2, 0.25) is 0 Å². The highest BCUT2D eigenvalue weighted by Crippen LogP contribution is 2.09. The van der Waals surface area contributed by atoms with Gasteiger partial charge in [0.05, 0.1) is 12.8 Å². The second-order valence-electron chi connectivity index (χ2n) is 6.15. The highest BCUT2D eigenvalue weighted by Gasteiger charge is 2.22. The van der Waals surface area contributed by atoms with Gasteiger partial charge in [0.2, 0.25) is 5.91 Å². The molecule has 0 spiro atoms. The van der Waals surface area contributed by atoms with E-state index in [1.54, 1.807) is 30.5 Å². The number of carbonyl (C=O) groups excluding carboxylic acids is 2. The Morgan fingerprint density at radius 3 is 2.52 bits per heavy atom. The third kappa shape index (κ3) is 6.71. The van der Waals surface area contributed by atoms with Crippen molar-refractivity contribution in [2.24, 2.45) is 5.92 Å². The molecule has 0 aliphatic carbocycles. The highest BCUT2D eigenvalue weighted by atomic mass is 16.5. The first-order valence-corrected chi connectivity index (χ1v) is 8.32. The SMILES string of the molecule is CC(C)C[C@H](NC(=O)COc1ccccc1)C(=O)NCc1ccco1. The topological polar surface area (TPSA) is 80.6 Å². The summed E-state index contributed by atoms with van der Waals surface area (Å²) in [4.78, 5) is 24.5. The van der Waals surface area contributed by atoms with Crippen molar-refractivity contribution in [2.45, 2.75) is 32.9 Å². The molecular weight excluding hydrogens is 320 g/mol. The number of benzene rings is 1. The van der Waals surface area contributed by atoms with Gasteiger partial charge in [-0.3, -0.25) is 9.59 Å². The second-order valence-corrected chi connectivity index (χ2v) is 6.15. The van der Waals surface area contributed by atoms with Crippen LogP contribution >= 0.6 is 0 Å². The summed E-state index contributed by atoms with van der Waals surface area (Å²) >= 11 is 0. The molecule has 1 aromatic heterocycles. The summed E-state index contributed by atoms with van der Waals surface area (Å²) in [7, 11) is 0. The van der Waals surface area contributed by atoms with Gasteiger partial charge in [0.15, 0.2) is 6.61 Å². The van der Waals surface area contributed by atoms with Crippen LogP contribution in [0.25, 0.3) is 0 Å². The fourth-order valence-electron chi connectivity index (χ4n) is 2.32. The third-order valence-electron chi connectivity index (χ3n) is 3.49. The Kier molecular flexibility index (Phi) is 7.07. The van der Waals surface area contributed by atoms with Crippen LogP contribution in [-0.4, -0.2) is 24.5 Å². The summed E-state index contributed by atoms with van der Waals surface area (Å²) in [5.74, 6) is 0.964. The van der Waals surface area contributed by atoms with Crippen molar-refractivity contribution in [3.05, 3.63) is 54.5 Å². The molecule has 0 radical (unpaired) electrons. The number of carbonyl (C=O) groups is 2. The average Bonchev–Trinajstić information content (AvgIpc) is 3.11. The molecule has 2 aromatic rings. The third-order valence-corrected chi connectivity index (χ3v) is 3.49. The first kappa shape index (κ1) is 18.6. The summed E-state index contributed by atoms with van der Waals surface area (Å²) in [6, 6.07) is 12.0. The molecule has 0 saturated heterocycles. The summed E-state index contributed by atoms with van der Waals surface area (Å²) < 4.78 is 10.6. The van der Waals surface area contributed by atoms with Crippen molar-refractivity contribution in [2.75, 3.05) is 6.61 Å². The summed E-state index contributed by atoms with van der Waals surface area (Å²) in [6.45, 7) is 4.15. The van der Waals surface area contributed by atoms with E-state index in [2.05, 4.69) is 10.6 Å². The number of hydrogen-bond donors (Lipinski definition) is 2. The van der Waals surface area contributed by atoms with E-state index in [0.29, 0.717) is 17.9 Å². The number of amides is 2. The molecule has 6 heteroatoms. The number of rotatable bonds is 9. The van der Waals surface area contributed by atoms with Crippen LogP contribution in [0.3, 0.4) is 0 Å². The van der Waals surface area contributed by atoms with E-state index in [0.717, 1.165) is 0 Å². The van der Waals surface area contributed by atoms with Gasteiger partial charge in [-0.1, -0.05) is 32.0 Å². The zero-order valence-corrected chi connectivity index (χ0v) is 14.5. The van der Waals surface area contributed by atoms with E-state index in [4.69, 9.17) is 9.15 Å². The van der Waals surface area contributed by atoms with Crippen LogP contribution in [0, 0.1) is 5.92 Å². The van der Waals surface area contributed by atoms with E-state index in [-0.39, 0.29) is 30.9 Å². The van der Waals surface area contributed by atoms with Crippen molar-refractivity contribution in [1.29, 1.82) is 0 Å². The molecule has 0 aliphatic heterocycles. The first-order valence-electron chi connectivity index (χ1n) is 8.32. The maximum Gasteiger partial charge on any atom is 0.258 e. The lowest BCUT2D eigenvalue weighted by Gasteiger charge is -2.20. The average molecular weight is 344 g/mol. The van der Waals surface area contributed by atoms with Crippen molar-refractivity contribution >= 4 is 11.8 Å². The molecule has 1 aromatic carbocycles. The zero-order chi connectivity index (χ0) is 18.1. The van der Waals surface area contributed by atoms with Gasteiger partial charge in [-0.15, -0.1) is 0 Å². The lowest BCUT2D eigenvalue weighted by molar-refractivity contribution is -0.130. The van der Waals surface area contributed by atoms with Crippen LogP contribution in [-0.2, 0) is 16.1 Å². The Bertz CT molecular complexity index is 653. The summed E-state index contributed by atoms with van der Waals surface area (Å²) in [6.07, 6.45) is 2.09. The molecule has 2 N–H and O–H groups in total. The fraction of sp³-hybridized carbons (Fsp3) is 0.368. The lowest BCUT2D eigenvalue weighted by Crippen LogP contribution is -2.48. The van der Waals surface area contributed by atoms with Crippen LogP contribution < -0.4 is 15.4 Å². The maximum atomic E-state index is 12.4. The van der Waals surface area contributed by atoms with E-state index in [1.165, 1.54) is 0 Å². The minimum absolute atomic E-state index is 0.135. The molecule has 25 heavy (non-hydrogen) atoms.